The fourth-order valence-corrected chi connectivity index (χ4v) is 1.65. The average Bonchev–Trinajstić information content (AvgIpc) is 2.41. The number of hydrogen-bond acceptors (Lipinski definition) is 4. The van der Waals surface area contributed by atoms with Gasteiger partial charge in [-0.2, -0.15) is 0 Å². The minimum atomic E-state index is 0.670. The average molecular weight is 263 g/mol. The summed E-state index contributed by atoms with van der Waals surface area (Å²) < 4.78 is 0. The largest absolute Gasteiger partial charge is 0.369 e. The molecule has 0 saturated heterocycles. The Kier molecular flexibility index (Phi) is 4.50. The monoisotopic (exact) mass is 262 g/mol. The molecular formula is C13H15ClN4. The fourth-order valence-electron chi connectivity index (χ4n) is 1.52. The Morgan fingerprint density at radius 1 is 1.06 bits per heavy atom. The van der Waals surface area contributed by atoms with Crippen molar-refractivity contribution in [2.75, 3.05) is 18.4 Å². The Bertz CT molecular complexity index is 481. The van der Waals surface area contributed by atoms with Crippen molar-refractivity contribution in [3.8, 4) is 11.3 Å². The molecule has 3 N–H and O–H groups in total. The van der Waals surface area contributed by atoms with Crippen LogP contribution < -0.4 is 11.1 Å². The predicted octanol–water partition coefficient (Wildman–Crippen LogP) is 2.56. The topological polar surface area (TPSA) is 63.8 Å². The molecule has 0 unspecified atom stereocenters. The molecule has 0 amide bonds. The molecule has 0 atom stereocenters. The molecule has 0 fully saturated rings. The van der Waals surface area contributed by atoms with Gasteiger partial charge in [0.2, 0.25) is 0 Å². The maximum absolute atomic E-state index is 5.84. The highest BCUT2D eigenvalue weighted by Crippen LogP contribution is 2.19. The van der Waals surface area contributed by atoms with Crippen LogP contribution in [0.25, 0.3) is 11.3 Å². The fraction of sp³-hybridized carbons (Fsp3) is 0.231. The zero-order chi connectivity index (χ0) is 12.8. The predicted molar refractivity (Wildman–Crippen MR) is 74.6 cm³/mol. The quantitative estimate of drug-likeness (QED) is 0.813. The van der Waals surface area contributed by atoms with E-state index in [4.69, 9.17) is 17.3 Å². The van der Waals surface area contributed by atoms with Gasteiger partial charge in [-0.25, -0.2) is 0 Å². The summed E-state index contributed by atoms with van der Waals surface area (Å²) in [6, 6.07) is 11.4. The lowest BCUT2D eigenvalue weighted by Crippen LogP contribution is -2.09. The van der Waals surface area contributed by atoms with Crippen molar-refractivity contribution in [2.45, 2.75) is 6.42 Å². The Hall–Kier alpha value is -1.65. The lowest BCUT2D eigenvalue weighted by Gasteiger charge is -2.04. The molecular weight excluding hydrogens is 248 g/mol. The van der Waals surface area contributed by atoms with E-state index in [1.807, 2.05) is 36.4 Å². The molecule has 2 aromatic rings. The number of anilines is 1. The molecule has 5 heteroatoms. The molecule has 0 spiro atoms. The highest BCUT2D eigenvalue weighted by Gasteiger charge is 2.00. The van der Waals surface area contributed by atoms with Crippen LogP contribution in [0.4, 0.5) is 5.82 Å². The highest BCUT2D eigenvalue weighted by atomic mass is 35.5. The number of hydrogen-bond donors (Lipinski definition) is 2. The summed E-state index contributed by atoms with van der Waals surface area (Å²) in [7, 11) is 0. The second kappa shape index (κ2) is 6.33. The van der Waals surface area contributed by atoms with Gasteiger partial charge in [0.15, 0.2) is 0 Å². The van der Waals surface area contributed by atoms with Crippen LogP contribution in [0.5, 0.6) is 0 Å². The third kappa shape index (κ3) is 3.42. The summed E-state index contributed by atoms with van der Waals surface area (Å²) in [5.41, 5.74) is 7.25. The number of nitrogens with zero attached hydrogens (tertiary/aromatic N) is 2. The van der Waals surface area contributed by atoms with Crippen LogP contribution in [0, 0.1) is 0 Å². The standard InChI is InChI=1S/C13H15ClN4/c14-11-4-2-10(3-5-11)12-6-7-13(18-17-12)16-9-1-8-15/h2-7H,1,8-9,15H2,(H,16,18). The molecule has 4 nitrogen and oxygen atoms in total. The maximum Gasteiger partial charge on any atom is 0.148 e. The van der Waals surface area contributed by atoms with Gasteiger partial charge in [0, 0.05) is 17.1 Å². The molecule has 18 heavy (non-hydrogen) atoms. The van der Waals surface area contributed by atoms with E-state index in [1.165, 1.54) is 0 Å². The van der Waals surface area contributed by atoms with Gasteiger partial charge in [0.25, 0.3) is 0 Å². The van der Waals surface area contributed by atoms with Crippen molar-refractivity contribution < 1.29 is 0 Å². The number of aromatic nitrogens is 2. The van der Waals surface area contributed by atoms with Gasteiger partial charge in [-0.05, 0) is 37.2 Å². The lowest BCUT2D eigenvalue weighted by molar-refractivity contribution is 0.864. The second-order valence-corrected chi connectivity index (χ2v) is 4.32. The van der Waals surface area contributed by atoms with E-state index in [9.17, 15) is 0 Å². The first-order valence-electron chi connectivity index (χ1n) is 5.83. The third-order valence-electron chi connectivity index (χ3n) is 2.49. The minimum Gasteiger partial charge on any atom is -0.369 e. The van der Waals surface area contributed by atoms with E-state index in [0.29, 0.717) is 11.6 Å². The molecule has 94 valence electrons. The van der Waals surface area contributed by atoms with Crippen LogP contribution in [0.3, 0.4) is 0 Å². The molecule has 0 aliphatic rings. The number of nitrogens with one attached hydrogen (secondary N) is 1. The molecule has 0 saturated carbocycles. The zero-order valence-electron chi connectivity index (χ0n) is 9.94. The molecule has 0 aliphatic carbocycles. The smallest absolute Gasteiger partial charge is 0.148 e. The summed E-state index contributed by atoms with van der Waals surface area (Å²) in [6.45, 7) is 1.48. The van der Waals surface area contributed by atoms with Crippen LogP contribution >= 0.6 is 11.6 Å². The van der Waals surface area contributed by atoms with Crippen molar-refractivity contribution in [2.24, 2.45) is 5.73 Å². The number of halogens is 1. The van der Waals surface area contributed by atoms with Gasteiger partial charge in [-0.1, -0.05) is 23.7 Å². The summed E-state index contributed by atoms with van der Waals surface area (Å²) in [5.74, 6) is 0.765. The zero-order valence-corrected chi connectivity index (χ0v) is 10.7. The van der Waals surface area contributed by atoms with Crippen molar-refractivity contribution in [3.63, 3.8) is 0 Å². The van der Waals surface area contributed by atoms with E-state index in [2.05, 4.69) is 15.5 Å². The molecule has 0 bridgehead atoms. The van der Waals surface area contributed by atoms with Crippen LogP contribution in [0.15, 0.2) is 36.4 Å². The van der Waals surface area contributed by atoms with Gasteiger partial charge in [-0.3, -0.25) is 0 Å². The first kappa shape index (κ1) is 12.8. The second-order valence-electron chi connectivity index (χ2n) is 3.88. The Balaban J connectivity index is 2.05. The van der Waals surface area contributed by atoms with Crippen molar-refractivity contribution >= 4 is 17.4 Å². The van der Waals surface area contributed by atoms with Gasteiger partial charge in [0.05, 0.1) is 5.69 Å². The number of benzene rings is 1. The molecule has 1 aromatic carbocycles. The Morgan fingerprint density at radius 2 is 1.83 bits per heavy atom. The molecule has 2 rings (SSSR count). The molecule has 1 heterocycles. The van der Waals surface area contributed by atoms with Crippen LogP contribution in [-0.4, -0.2) is 23.3 Å². The number of nitrogens with two attached hydrogens (primary N) is 1. The molecule has 0 radical (unpaired) electrons. The SMILES string of the molecule is NCCCNc1ccc(-c2ccc(Cl)cc2)nn1. The third-order valence-corrected chi connectivity index (χ3v) is 2.74. The van der Waals surface area contributed by atoms with E-state index in [1.54, 1.807) is 0 Å². The van der Waals surface area contributed by atoms with Crippen LogP contribution in [0.1, 0.15) is 6.42 Å². The molecule has 0 aliphatic heterocycles. The van der Waals surface area contributed by atoms with Gasteiger partial charge < -0.3 is 11.1 Å². The first-order chi connectivity index (χ1) is 8.79. The lowest BCUT2D eigenvalue weighted by atomic mass is 10.1. The summed E-state index contributed by atoms with van der Waals surface area (Å²) in [4.78, 5) is 0. The van der Waals surface area contributed by atoms with E-state index < -0.39 is 0 Å². The maximum atomic E-state index is 5.84. The van der Waals surface area contributed by atoms with Crippen molar-refractivity contribution in [1.82, 2.24) is 10.2 Å². The van der Waals surface area contributed by atoms with Crippen molar-refractivity contribution in [3.05, 3.63) is 41.4 Å². The minimum absolute atomic E-state index is 0.670. The van der Waals surface area contributed by atoms with Crippen molar-refractivity contribution in [1.29, 1.82) is 0 Å². The highest BCUT2D eigenvalue weighted by molar-refractivity contribution is 6.30. The summed E-state index contributed by atoms with van der Waals surface area (Å²) >= 11 is 5.84. The van der Waals surface area contributed by atoms with Crippen LogP contribution in [0.2, 0.25) is 5.02 Å². The van der Waals surface area contributed by atoms with E-state index >= 15 is 0 Å². The first-order valence-corrected chi connectivity index (χ1v) is 6.21. The van der Waals surface area contributed by atoms with Gasteiger partial charge in [0.1, 0.15) is 5.82 Å². The normalized spacial score (nSPS) is 10.3. The Labute approximate surface area is 111 Å². The Morgan fingerprint density at radius 3 is 2.44 bits per heavy atom. The summed E-state index contributed by atoms with van der Waals surface area (Å²) in [6.07, 6.45) is 0.917. The van der Waals surface area contributed by atoms with E-state index in [-0.39, 0.29) is 0 Å². The van der Waals surface area contributed by atoms with E-state index in [0.717, 1.165) is 30.0 Å². The molecule has 1 aromatic heterocycles. The van der Waals surface area contributed by atoms with Gasteiger partial charge in [-0.15, -0.1) is 10.2 Å². The summed E-state index contributed by atoms with van der Waals surface area (Å²) in [5, 5.41) is 12.2. The number of rotatable bonds is 5. The van der Waals surface area contributed by atoms with Crippen LogP contribution in [-0.2, 0) is 0 Å². The van der Waals surface area contributed by atoms with Gasteiger partial charge >= 0.3 is 0 Å².